The number of morpholine rings is 1. The molecule has 0 saturated carbocycles. The van der Waals surface area contributed by atoms with Crippen molar-refractivity contribution in [3.8, 4) is 0 Å². The van der Waals surface area contributed by atoms with Crippen molar-refractivity contribution < 1.29 is 22.7 Å². The quantitative estimate of drug-likeness (QED) is 0.284. The molecule has 0 atom stereocenters. The first-order valence-corrected chi connectivity index (χ1v) is 33.2. The molecule has 0 aromatic rings. The molecule has 8 rings (SSSR count). The predicted octanol–water partition coefficient (Wildman–Crippen LogP) is 10.4. The summed E-state index contributed by atoms with van der Waals surface area (Å²) in [5.74, 6) is 1.31. The van der Waals surface area contributed by atoms with Gasteiger partial charge >= 0.3 is 0 Å². The number of carbonyl (C=O) groups excluding carboxylic acids is 2. The summed E-state index contributed by atoms with van der Waals surface area (Å²) in [6, 6.07) is 0.799. The Balaban J connectivity index is 0.000000447. The summed E-state index contributed by atoms with van der Waals surface area (Å²) in [4.78, 5) is 40.8. The third-order valence-electron chi connectivity index (χ3n) is 16.2. The summed E-state index contributed by atoms with van der Waals surface area (Å²) in [5.41, 5.74) is 2.04. The molecule has 0 radical (unpaired) electrons. The van der Waals surface area contributed by atoms with Gasteiger partial charge in [0.25, 0.3) is 0 Å². The second kappa shape index (κ2) is 35.0. The molecule has 1 N–H and O–H groups in total. The lowest BCUT2D eigenvalue weighted by atomic mass is 10.0. The molecule has 464 valence electrons. The van der Waals surface area contributed by atoms with Crippen LogP contribution in [0.3, 0.4) is 0 Å². The zero-order valence-electron chi connectivity index (χ0n) is 55.6. The summed E-state index contributed by atoms with van der Waals surface area (Å²) in [7, 11) is -2.72. The van der Waals surface area contributed by atoms with E-state index in [1.165, 1.54) is 97.3 Å². The van der Waals surface area contributed by atoms with Crippen molar-refractivity contribution >= 4 is 21.7 Å². The molecule has 8 saturated heterocycles. The van der Waals surface area contributed by atoms with Crippen LogP contribution in [0.1, 0.15) is 223 Å². The van der Waals surface area contributed by atoms with Crippen LogP contribution >= 0.6 is 0 Å². The number of sulfone groups is 1. The molecule has 78 heavy (non-hydrogen) atoms. The van der Waals surface area contributed by atoms with E-state index in [0.717, 1.165) is 78.2 Å². The van der Waals surface area contributed by atoms with Crippen LogP contribution in [0.25, 0.3) is 0 Å². The topological polar surface area (TPSA) is 115 Å². The van der Waals surface area contributed by atoms with Gasteiger partial charge in [-0.15, -0.1) is 0 Å². The van der Waals surface area contributed by atoms with Gasteiger partial charge in [0.05, 0.1) is 24.7 Å². The van der Waals surface area contributed by atoms with Gasteiger partial charge in [-0.05, 0) is 243 Å². The van der Waals surface area contributed by atoms with Crippen molar-refractivity contribution in [2.75, 3.05) is 129 Å². The Morgan fingerprint density at radius 3 is 0.897 bits per heavy atom. The third kappa shape index (κ3) is 31.9. The Labute approximate surface area is 484 Å². The zero-order chi connectivity index (χ0) is 59.8. The fourth-order valence-corrected chi connectivity index (χ4v) is 11.7. The van der Waals surface area contributed by atoms with Gasteiger partial charge in [0, 0.05) is 124 Å². The molecule has 0 bridgehead atoms. The number of hydrogen-bond donors (Lipinski definition) is 1. The average Bonchev–Trinajstić information content (AvgIpc) is 4.03. The number of amides is 2. The lowest BCUT2D eigenvalue weighted by Crippen LogP contribution is -2.51. The molecule has 8 heterocycles. The maximum Gasteiger partial charge on any atom is 0.222 e. The fourth-order valence-electron chi connectivity index (χ4n) is 10.5. The number of piperazine rings is 1. The molecule has 0 aliphatic carbocycles. The molecule has 8 aliphatic heterocycles. The van der Waals surface area contributed by atoms with Crippen LogP contribution in [0.4, 0.5) is 0 Å². The third-order valence-corrected chi connectivity index (χ3v) is 17.8. The standard InChI is InChI=1S/C9H19N.C8H18N2.C8H17NO2S.C8H17NO.C8H15NO.C8H17N.C7H13NO.C7H15N/c1-9(2,3)10-7-5-4-6-8-10;1-8(2,3)10-6-4-9-5-7-10;1-8(2,3)9-4-6-12(10,11)7-5-9;1-8(2,3)9-4-6-10-7-5-9;1-7(2)9-6-4-3-5-8(9)10;1-8(2,3)9-6-4-5-7-9;1-6(2)8-5-3-4-7(8)9;1-7(2,3)8-5-4-6-8/h4-8H2,1-3H3;9H,4-7H2,1-3H3;4-7H2,1-3H3;4-7H2,1-3H3;7H,3-6H2,1-2H3;4-7H2,1-3H3;6H,3-5H2,1-2H3;4-6H2,1-3H3. The van der Waals surface area contributed by atoms with Crippen LogP contribution in [0.5, 0.6) is 0 Å². The van der Waals surface area contributed by atoms with Gasteiger partial charge < -0.3 is 19.9 Å². The van der Waals surface area contributed by atoms with E-state index in [-0.39, 0.29) is 5.54 Å². The maximum absolute atomic E-state index is 11.2. The Bertz CT molecular complexity index is 1630. The molecular formula is C63H131N9O5S. The van der Waals surface area contributed by atoms with Crippen LogP contribution in [0.15, 0.2) is 0 Å². The van der Waals surface area contributed by atoms with Gasteiger partial charge in [-0.1, -0.05) is 6.42 Å². The molecule has 8 aliphatic rings. The Hall–Kier alpha value is -1.43. The van der Waals surface area contributed by atoms with E-state index in [0.29, 0.717) is 76.2 Å². The molecule has 2 amide bonds. The van der Waals surface area contributed by atoms with Crippen LogP contribution in [-0.4, -0.2) is 234 Å². The van der Waals surface area contributed by atoms with Crippen LogP contribution in [0, 0.1) is 0 Å². The first kappa shape index (κ1) is 74.6. The summed E-state index contributed by atoms with van der Waals surface area (Å²) >= 11 is 0. The van der Waals surface area contributed by atoms with Crippen LogP contribution < -0.4 is 5.32 Å². The molecule has 14 nitrogen and oxygen atoms in total. The Kier molecular flexibility index (Phi) is 33.5. The van der Waals surface area contributed by atoms with Crippen molar-refractivity contribution in [1.82, 2.24) is 44.5 Å². The van der Waals surface area contributed by atoms with E-state index in [4.69, 9.17) is 4.74 Å². The van der Waals surface area contributed by atoms with Crippen molar-refractivity contribution in [2.24, 2.45) is 0 Å². The van der Waals surface area contributed by atoms with Gasteiger partial charge in [0.2, 0.25) is 11.8 Å². The lowest BCUT2D eigenvalue weighted by Gasteiger charge is -2.42. The molecule has 0 spiro atoms. The van der Waals surface area contributed by atoms with E-state index in [2.05, 4.69) is 187 Å². The molecule has 8 fully saturated rings. The van der Waals surface area contributed by atoms with Gasteiger partial charge in [0.15, 0.2) is 9.84 Å². The summed E-state index contributed by atoms with van der Waals surface area (Å²) in [5, 5.41) is 3.35. The monoisotopic (exact) mass is 1130 g/mol. The smallest absolute Gasteiger partial charge is 0.222 e. The van der Waals surface area contributed by atoms with Crippen LogP contribution in [0.2, 0.25) is 0 Å². The highest BCUT2D eigenvalue weighted by atomic mass is 32.2. The number of hydrogen-bond acceptors (Lipinski definition) is 12. The first-order chi connectivity index (χ1) is 35.8. The second-order valence-electron chi connectivity index (χ2n) is 29.5. The molecule has 0 aromatic heterocycles. The van der Waals surface area contributed by atoms with E-state index in [9.17, 15) is 18.0 Å². The van der Waals surface area contributed by atoms with Crippen molar-refractivity contribution in [1.29, 1.82) is 0 Å². The Morgan fingerprint density at radius 2 is 0.641 bits per heavy atom. The van der Waals surface area contributed by atoms with Gasteiger partial charge in [-0.25, -0.2) is 8.42 Å². The van der Waals surface area contributed by atoms with E-state index in [1.54, 1.807) is 0 Å². The number of piperidine rings is 2. The minimum atomic E-state index is -2.72. The number of nitrogens with zero attached hydrogens (tertiary/aromatic N) is 8. The molecule has 0 aromatic carbocycles. The lowest BCUT2D eigenvalue weighted by molar-refractivity contribution is -0.135. The van der Waals surface area contributed by atoms with Gasteiger partial charge in [-0.2, -0.15) is 0 Å². The van der Waals surface area contributed by atoms with E-state index < -0.39 is 9.84 Å². The second-order valence-corrected chi connectivity index (χ2v) is 31.8. The number of nitrogens with one attached hydrogen (secondary N) is 1. The highest BCUT2D eigenvalue weighted by Crippen LogP contribution is 2.22. The molecular weight excluding hydrogens is 995 g/mol. The number of ether oxygens (including phenoxy) is 1. The van der Waals surface area contributed by atoms with Crippen molar-refractivity contribution in [2.45, 2.75) is 268 Å². The number of rotatable bonds is 2. The minimum Gasteiger partial charge on any atom is -0.379 e. The predicted molar refractivity (Wildman–Crippen MR) is 335 cm³/mol. The minimum absolute atomic E-state index is 0.107. The first-order valence-electron chi connectivity index (χ1n) is 31.4. The average molecular weight is 1130 g/mol. The number of carbonyl (C=O) groups is 2. The summed E-state index contributed by atoms with van der Waals surface area (Å²) < 4.78 is 27.4. The summed E-state index contributed by atoms with van der Waals surface area (Å²) in [6.45, 7) is 68.6. The van der Waals surface area contributed by atoms with Crippen molar-refractivity contribution in [3.63, 3.8) is 0 Å². The van der Waals surface area contributed by atoms with Crippen molar-refractivity contribution in [3.05, 3.63) is 0 Å². The normalized spacial score (nSPS) is 22.7. The SMILES string of the molecule is CC(C)(C)N1CCC1.CC(C)(C)N1CCCC1.CC(C)(C)N1CCCCC1.CC(C)(C)N1CCNCC1.CC(C)(C)N1CCOCC1.CC(C)(C)N1CCS(=O)(=O)CC1.CC(C)N1CCCC1=O.CC(C)N1CCCCC1=O. The number of likely N-dealkylation sites (tertiary alicyclic amines) is 5. The Morgan fingerprint density at radius 1 is 0.359 bits per heavy atom. The fraction of sp³-hybridized carbons (Fsp3) is 0.968. The summed E-state index contributed by atoms with van der Waals surface area (Å²) in [6.07, 6.45) is 13.3. The maximum atomic E-state index is 11.2. The highest BCUT2D eigenvalue weighted by Gasteiger charge is 2.30. The highest BCUT2D eigenvalue weighted by molar-refractivity contribution is 7.91. The van der Waals surface area contributed by atoms with E-state index >= 15 is 0 Å². The van der Waals surface area contributed by atoms with Crippen LogP contribution in [-0.2, 0) is 24.2 Å². The van der Waals surface area contributed by atoms with E-state index in [1.807, 2.05) is 9.80 Å². The molecule has 15 heteroatoms. The van der Waals surface area contributed by atoms with Gasteiger partial charge in [-0.3, -0.25) is 39.0 Å². The zero-order valence-corrected chi connectivity index (χ0v) is 56.4. The van der Waals surface area contributed by atoms with Gasteiger partial charge in [0.1, 0.15) is 0 Å². The molecule has 0 unspecified atom stereocenters. The largest absolute Gasteiger partial charge is 0.379 e.